The van der Waals surface area contributed by atoms with Gasteiger partial charge in [-0.25, -0.2) is 8.42 Å². The molecule has 0 amide bonds. The Labute approximate surface area is 89.8 Å². The first-order valence-corrected chi connectivity index (χ1v) is 7.42. The van der Waals surface area contributed by atoms with E-state index in [4.69, 9.17) is 0 Å². The zero-order valence-corrected chi connectivity index (χ0v) is 10.4. The third-order valence-corrected chi connectivity index (χ3v) is 3.45. The van der Waals surface area contributed by atoms with Crippen molar-refractivity contribution in [3.8, 4) is 0 Å². The lowest BCUT2D eigenvalue weighted by Gasteiger charge is -2.05. The molecule has 0 saturated heterocycles. The Morgan fingerprint density at radius 1 is 1.43 bits per heavy atom. The van der Waals surface area contributed by atoms with E-state index in [9.17, 15) is 13.2 Å². The second-order valence-electron chi connectivity index (χ2n) is 3.39. The van der Waals surface area contributed by atoms with Crippen molar-refractivity contribution in [1.82, 2.24) is 5.32 Å². The highest BCUT2D eigenvalue weighted by atomic mass is 32.2. The van der Waals surface area contributed by atoms with E-state index in [-0.39, 0.29) is 16.9 Å². The molecule has 0 rings (SSSR count). The molecule has 0 radical (unpaired) electrons. The molecule has 6 heteroatoms. The van der Waals surface area contributed by atoms with Gasteiger partial charge < -0.3 is 5.32 Å². The summed E-state index contributed by atoms with van der Waals surface area (Å²) in [5.41, 5.74) is 0. The smallest absolute Gasteiger partial charge is 0.202 e. The van der Waals surface area contributed by atoms with Gasteiger partial charge in [-0.3, -0.25) is 4.79 Å². The second kappa shape index (κ2) is 6.42. The molecule has 0 fully saturated rings. The first-order chi connectivity index (χ1) is 6.31. The third kappa shape index (κ3) is 10.0. The molecular weight excluding hydrogens is 222 g/mol. The molecular formula is C8H17NO3S2. The van der Waals surface area contributed by atoms with E-state index in [0.717, 1.165) is 11.8 Å². The minimum absolute atomic E-state index is 0.0117. The molecule has 84 valence electrons. The summed E-state index contributed by atoms with van der Waals surface area (Å²) < 4.78 is 21.5. The molecule has 14 heavy (non-hydrogen) atoms. The molecule has 0 heterocycles. The quantitative estimate of drug-likeness (QED) is 0.722. The number of sulfone groups is 1. The monoisotopic (exact) mass is 239 g/mol. The molecule has 4 nitrogen and oxygen atoms in total. The maximum absolute atomic E-state index is 11.1. The fraction of sp³-hybridized carbons (Fsp3) is 0.875. The topological polar surface area (TPSA) is 63.2 Å². The van der Waals surface area contributed by atoms with Crippen LogP contribution >= 0.6 is 11.8 Å². The number of carbonyl (C=O) groups is 1. The molecule has 0 bridgehead atoms. The van der Waals surface area contributed by atoms with Gasteiger partial charge in [-0.05, 0) is 0 Å². The van der Waals surface area contributed by atoms with Gasteiger partial charge in [-0.2, -0.15) is 0 Å². The van der Waals surface area contributed by atoms with Gasteiger partial charge in [0.15, 0.2) is 0 Å². The Kier molecular flexibility index (Phi) is 6.39. The van der Waals surface area contributed by atoms with Crippen LogP contribution in [0, 0.1) is 0 Å². The lowest BCUT2D eigenvalue weighted by Crippen LogP contribution is -2.28. The third-order valence-electron chi connectivity index (χ3n) is 1.37. The standard InChI is InChI=1S/C8H17NO3S2/c1-7(2)9-6-8(10)13-4-5-14(3,11)12/h7,9H,4-6H2,1-3H3. The minimum atomic E-state index is -2.94. The van der Waals surface area contributed by atoms with Gasteiger partial charge in [0.25, 0.3) is 0 Å². The van der Waals surface area contributed by atoms with Gasteiger partial charge in [0.2, 0.25) is 5.12 Å². The molecule has 0 aliphatic carbocycles. The van der Waals surface area contributed by atoms with Crippen LogP contribution in [-0.2, 0) is 14.6 Å². The molecule has 0 spiro atoms. The van der Waals surface area contributed by atoms with Crippen LogP contribution in [0.5, 0.6) is 0 Å². The van der Waals surface area contributed by atoms with Crippen molar-refractivity contribution in [2.24, 2.45) is 0 Å². The van der Waals surface area contributed by atoms with Crippen molar-refractivity contribution in [3.05, 3.63) is 0 Å². The average Bonchev–Trinajstić information content (AvgIpc) is 1.98. The first-order valence-electron chi connectivity index (χ1n) is 4.38. The molecule has 0 aromatic heterocycles. The van der Waals surface area contributed by atoms with Crippen molar-refractivity contribution in [1.29, 1.82) is 0 Å². The Hall–Kier alpha value is -0.0700. The molecule has 0 atom stereocenters. The summed E-state index contributed by atoms with van der Waals surface area (Å²) in [6.07, 6.45) is 1.17. The first kappa shape index (κ1) is 13.9. The zero-order chi connectivity index (χ0) is 11.2. The van der Waals surface area contributed by atoms with Gasteiger partial charge in [-0.15, -0.1) is 0 Å². The van der Waals surface area contributed by atoms with E-state index in [1.54, 1.807) is 0 Å². The summed E-state index contributed by atoms with van der Waals surface area (Å²) in [6, 6.07) is 0.273. The summed E-state index contributed by atoms with van der Waals surface area (Å²) in [5, 5.41) is 2.96. The second-order valence-corrected chi connectivity index (χ2v) is 6.80. The minimum Gasteiger partial charge on any atom is -0.307 e. The van der Waals surface area contributed by atoms with E-state index >= 15 is 0 Å². The molecule has 0 unspecified atom stereocenters. The largest absolute Gasteiger partial charge is 0.307 e. The maximum atomic E-state index is 11.1. The zero-order valence-electron chi connectivity index (χ0n) is 8.74. The van der Waals surface area contributed by atoms with E-state index in [1.165, 1.54) is 6.26 Å². The van der Waals surface area contributed by atoms with Crippen LogP contribution in [0.4, 0.5) is 0 Å². The molecule has 0 aromatic carbocycles. The number of rotatable bonds is 6. The van der Waals surface area contributed by atoms with Gasteiger partial charge in [-0.1, -0.05) is 25.6 Å². The van der Waals surface area contributed by atoms with Crippen LogP contribution in [0.3, 0.4) is 0 Å². The summed E-state index contributed by atoms with van der Waals surface area (Å²) >= 11 is 1.06. The Balaban J connectivity index is 3.55. The van der Waals surface area contributed by atoms with Crippen LogP contribution < -0.4 is 5.32 Å². The summed E-state index contributed by atoms with van der Waals surface area (Å²) in [4.78, 5) is 11.1. The molecule has 1 N–H and O–H groups in total. The van der Waals surface area contributed by atoms with E-state index in [1.807, 2.05) is 13.8 Å². The number of hydrogen-bond donors (Lipinski definition) is 1. The highest BCUT2D eigenvalue weighted by Gasteiger charge is 2.06. The number of thioether (sulfide) groups is 1. The van der Waals surface area contributed by atoms with Crippen LogP contribution in [-0.4, -0.2) is 43.9 Å². The van der Waals surface area contributed by atoms with Crippen LogP contribution in [0.15, 0.2) is 0 Å². The average molecular weight is 239 g/mol. The van der Waals surface area contributed by atoms with Gasteiger partial charge in [0.1, 0.15) is 9.84 Å². The van der Waals surface area contributed by atoms with Crippen molar-refractivity contribution in [2.75, 3.05) is 24.3 Å². The lowest BCUT2D eigenvalue weighted by molar-refractivity contribution is -0.110. The van der Waals surface area contributed by atoms with Gasteiger partial charge in [0, 0.05) is 18.1 Å². The molecule has 0 aliphatic rings. The van der Waals surface area contributed by atoms with E-state index in [0.29, 0.717) is 12.3 Å². The predicted octanol–water partition coefficient (Wildman–Crippen LogP) is 0.289. The van der Waals surface area contributed by atoms with Gasteiger partial charge >= 0.3 is 0 Å². The lowest BCUT2D eigenvalue weighted by atomic mass is 10.4. The van der Waals surface area contributed by atoms with Crippen LogP contribution in [0.1, 0.15) is 13.8 Å². The summed E-state index contributed by atoms with van der Waals surface area (Å²) in [7, 11) is -2.94. The van der Waals surface area contributed by atoms with Crippen molar-refractivity contribution >= 4 is 26.7 Å². The fourth-order valence-corrected chi connectivity index (χ4v) is 2.60. The summed E-state index contributed by atoms with van der Waals surface area (Å²) in [6.45, 7) is 4.20. The summed E-state index contributed by atoms with van der Waals surface area (Å²) in [5.74, 6) is 0.405. The molecule has 0 saturated carbocycles. The van der Waals surface area contributed by atoms with E-state index in [2.05, 4.69) is 5.32 Å². The highest BCUT2D eigenvalue weighted by molar-refractivity contribution is 8.14. The fourth-order valence-electron chi connectivity index (χ4n) is 0.645. The Bertz CT molecular complexity index is 272. The van der Waals surface area contributed by atoms with Crippen LogP contribution in [0.25, 0.3) is 0 Å². The molecule has 0 aliphatic heterocycles. The Morgan fingerprint density at radius 2 is 2.00 bits per heavy atom. The van der Waals surface area contributed by atoms with Crippen molar-refractivity contribution < 1.29 is 13.2 Å². The number of carbonyl (C=O) groups excluding carboxylic acids is 1. The maximum Gasteiger partial charge on any atom is 0.202 e. The van der Waals surface area contributed by atoms with Crippen molar-refractivity contribution in [3.63, 3.8) is 0 Å². The van der Waals surface area contributed by atoms with E-state index < -0.39 is 9.84 Å². The number of nitrogens with one attached hydrogen (secondary N) is 1. The van der Waals surface area contributed by atoms with Gasteiger partial charge in [0.05, 0.1) is 12.3 Å². The predicted molar refractivity (Wildman–Crippen MR) is 60.3 cm³/mol. The SMILES string of the molecule is CC(C)NCC(=O)SCCS(C)(=O)=O. The van der Waals surface area contributed by atoms with Crippen molar-refractivity contribution in [2.45, 2.75) is 19.9 Å². The van der Waals surface area contributed by atoms with Crippen LogP contribution in [0.2, 0.25) is 0 Å². The number of hydrogen-bond acceptors (Lipinski definition) is 5. The Morgan fingerprint density at radius 3 is 2.43 bits per heavy atom. The normalized spacial score (nSPS) is 12.0. The highest BCUT2D eigenvalue weighted by Crippen LogP contribution is 2.02. The molecule has 0 aromatic rings.